The molecule has 3 amide bonds. The Balaban J connectivity index is 1.39. The second kappa shape index (κ2) is 10.1. The van der Waals surface area contributed by atoms with Gasteiger partial charge in [-0.25, -0.2) is 4.79 Å². The van der Waals surface area contributed by atoms with E-state index >= 15 is 0 Å². The summed E-state index contributed by atoms with van der Waals surface area (Å²) in [6, 6.07) is 21.2. The van der Waals surface area contributed by atoms with Crippen LogP contribution < -0.4 is 16.4 Å². The number of benzene rings is 3. The summed E-state index contributed by atoms with van der Waals surface area (Å²) in [5, 5.41) is 18.4. The second-order valence-corrected chi connectivity index (χ2v) is 8.77. The summed E-state index contributed by atoms with van der Waals surface area (Å²) in [5.41, 5.74) is 7.91. The zero-order valence-corrected chi connectivity index (χ0v) is 20.3. The van der Waals surface area contributed by atoms with Gasteiger partial charge < -0.3 is 20.6 Å². The molecule has 8 nitrogen and oxygen atoms in total. The maximum atomic E-state index is 13.1. The summed E-state index contributed by atoms with van der Waals surface area (Å²) >= 11 is 5.25. The highest BCUT2D eigenvalue weighted by Gasteiger charge is 2.20. The van der Waals surface area contributed by atoms with E-state index in [-0.39, 0.29) is 16.6 Å². The number of carbonyl (C=O) groups is 2. The van der Waals surface area contributed by atoms with Crippen molar-refractivity contribution in [1.29, 1.82) is 0 Å². The van der Waals surface area contributed by atoms with Crippen LogP contribution in [0.5, 0.6) is 5.75 Å². The summed E-state index contributed by atoms with van der Waals surface area (Å²) in [5.74, 6) is -0.00203. The number of nitrogens with one attached hydrogen (secondary N) is 2. The van der Waals surface area contributed by atoms with Gasteiger partial charge in [-0.1, -0.05) is 66.8 Å². The number of hydrogen-bond acceptors (Lipinski definition) is 6. The molecule has 0 aliphatic carbocycles. The van der Waals surface area contributed by atoms with E-state index in [0.717, 1.165) is 16.3 Å². The molecule has 5 rings (SSSR count). The number of carbonyl (C=O) groups excluding carboxylic acids is 2. The molecule has 37 heavy (non-hydrogen) atoms. The molecule has 0 atom stereocenters. The number of amides is 3. The zero-order chi connectivity index (χ0) is 25.9. The molecule has 0 aliphatic rings. The van der Waals surface area contributed by atoms with Crippen LogP contribution in [-0.2, 0) is 12.8 Å². The number of aryl methyl sites for hydroxylation is 2. The van der Waals surface area contributed by atoms with Gasteiger partial charge in [0.1, 0.15) is 22.0 Å². The van der Waals surface area contributed by atoms with Crippen LogP contribution in [0.15, 0.2) is 83.4 Å². The standard InChI is InChI=1S/C28H22N4O4S/c29-28(35)32-27(37)19-9-5-11-21-23(19)25(33)22(36-21)13-12-17-7-2-4-10-20(17)31-26(34)24-18-8-3-1-6-16(18)14-15-30-24/h1-11,14-15,33H,12-13H2,(H,31,34)(H3,29,32,35,37). The van der Waals surface area contributed by atoms with E-state index in [2.05, 4.69) is 15.6 Å². The van der Waals surface area contributed by atoms with Gasteiger partial charge >= 0.3 is 6.03 Å². The highest BCUT2D eigenvalue weighted by atomic mass is 32.1. The molecule has 0 radical (unpaired) electrons. The highest BCUT2D eigenvalue weighted by molar-refractivity contribution is 7.80. The molecule has 0 aliphatic heterocycles. The van der Waals surface area contributed by atoms with Crippen LogP contribution in [0.1, 0.15) is 27.4 Å². The average Bonchev–Trinajstić information content (AvgIpc) is 3.22. The maximum Gasteiger partial charge on any atom is 0.317 e. The van der Waals surface area contributed by atoms with E-state index in [4.69, 9.17) is 22.4 Å². The predicted molar refractivity (Wildman–Crippen MR) is 146 cm³/mol. The SMILES string of the molecule is NC(=O)NC(=S)c1cccc2oc(CCc3ccccc3NC(=O)c3nccc4ccccc34)c(O)c12. The number of fused-ring (bicyclic) bond motifs is 2. The van der Waals surface area contributed by atoms with Gasteiger partial charge in [-0.15, -0.1) is 0 Å². The van der Waals surface area contributed by atoms with Crippen molar-refractivity contribution in [2.24, 2.45) is 5.73 Å². The van der Waals surface area contributed by atoms with Gasteiger partial charge in [-0.05, 0) is 35.6 Å². The lowest BCUT2D eigenvalue weighted by Gasteiger charge is -2.11. The third-order valence-electron chi connectivity index (χ3n) is 6.02. The van der Waals surface area contributed by atoms with E-state index in [1.54, 1.807) is 24.4 Å². The van der Waals surface area contributed by atoms with Crippen molar-refractivity contribution in [1.82, 2.24) is 10.3 Å². The van der Waals surface area contributed by atoms with Crippen molar-refractivity contribution in [3.05, 3.63) is 102 Å². The number of aromatic nitrogens is 1. The Bertz CT molecular complexity index is 1670. The smallest absolute Gasteiger partial charge is 0.317 e. The van der Waals surface area contributed by atoms with Crippen LogP contribution in [-0.4, -0.2) is 27.0 Å². The van der Waals surface area contributed by atoms with Crippen molar-refractivity contribution in [2.75, 3.05) is 5.32 Å². The molecular formula is C28H22N4O4S. The predicted octanol–water partition coefficient (Wildman–Crippen LogP) is 5.07. The second-order valence-electron chi connectivity index (χ2n) is 8.36. The van der Waals surface area contributed by atoms with Gasteiger partial charge in [0.25, 0.3) is 5.91 Å². The topological polar surface area (TPSA) is 130 Å². The first-order valence-corrected chi connectivity index (χ1v) is 11.9. The Kier molecular flexibility index (Phi) is 6.53. The fourth-order valence-corrected chi connectivity index (χ4v) is 4.58. The summed E-state index contributed by atoms with van der Waals surface area (Å²) in [7, 11) is 0. The van der Waals surface area contributed by atoms with Crippen LogP contribution in [0, 0.1) is 0 Å². The van der Waals surface area contributed by atoms with Crippen LogP contribution in [0.4, 0.5) is 10.5 Å². The first kappa shape index (κ1) is 24.0. The minimum atomic E-state index is -0.789. The summed E-state index contributed by atoms with van der Waals surface area (Å²) in [6.45, 7) is 0. The molecule has 5 N–H and O–H groups in total. The Morgan fingerprint density at radius 2 is 1.76 bits per heavy atom. The van der Waals surface area contributed by atoms with Crippen molar-refractivity contribution in [3.8, 4) is 5.75 Å². The molecule has 0 unspecified atom stereocenters. The van der Waals surface area contributed by atoms with Crippen LogP contribution in [0.3, 0.4) is 0 Å². The number of para-hydroxylation sites is 1. The fourth-order valence-electron chi connectivity index (χ4n) is 4.31. The average molecular weight is 511 g/mol. The molecule has 0 saturated heterocycles. The molecule has 0 bridgehead atoms. The van der Waals surface area contributed by atoms with Crippen molar-refractivity contribution >= 4 is 56.6 Å². The van der Waals surface area contributed by atoms with Crippen LogP contribution >= 0.6 is 12.2 Å². The minimum absolute atomic E-state index is 0.0549. The Hall–Kier alpha value is -4.76. The molecule has 9 heteroatoms. The molecule has 0 saturated carbocycles. The third-order valence-corrected chi connectivity index (χ3v) is 6.34. The van der Waals surface area contributed by atoms with Gasteiger partial charge in [0, 0.05) is 29.3 Å². The highest BCUT2D eigenvalue weighted by Crippen LogP contribution is 2.36. The quantitative estimate of drug-likeness (QED) is 0.236. The number of pyridine rings is 1. The number of hydrogen-bond donors (Lipinski definition) is 4. The molecule has 3 aromatic carbocycles. The number of anilines is 1. The number of furan rings is 1. The Morgan fingerprint density at radius 3 is 2.59 bits per heavy atom. The number of nitrogens with two attached hydrogens (primary N) is 1. The summed E-state index contributed by atoms with van der Waals surface area (Å²) in [6.07, 6.45) is 2.45. The van der Waals surface area contributed by atoms with Gasteiger partial charge in [-0.3, -0.25) is 15.1 Å². The third kappa shape index (κ3) is 4.85. The zero-order valence-electron chi connectivity index (χ0n) is 19.5. The Morgan fingerprint density at radius 1 is 0.973 bits per heavy atom. The number of nitrogens with zero attached hydrogens (tertiary/aromatic N) is 1. The fraction of sp³-hybridized carbons (Fsp3) is 0.0714. The molecule has 5 aromatic rings. The van der Waals surface area contributed by atoms with Crippen LogP contribution in [0.25, 0.3) is 21.7 Å². The maximum absolute atomic E-state index is 13.1. The van der Waals surface area contributed by atoms with Gasteiger partial charge in [-0.2, -0.15) is 0 Å². The number of urea groups is 1. The minimum Gasteiger partial charge on any atom is -0.504 e. The van der Waals surface area contributed by atoms with E-state index in [0.29, 0.717) is 46.5 Å². The normalized spacial score (nSPS) is 10.9. The monoisotopic (exact) mass is 510 g/mol. The molecule has 184 valence electrons. The molecule has 2 heterocycles. The lowest BCUT2D eigenvalue weighted by molar-refractivity contribution is 0.102. The van der Waals surface area contributed by atoms with Gasteiger partial charge in [0.15, 0.2) is 5.75 Å². The molecule has 2 aromatic heterocycles. The Labute approximate surface area is 217 Å². The number of primary amides is 1. The number of aromatic hydroxyl groups is 1. The van der Waals surface area contributed by atoms with Crippen molar-refractivity contribution < 1.29 is 19.1 Å². The molecule has 0 fully saturated rings. The first-order chi connectivity index (χ1) is 17.9. The summed E-state index contributed by atoms with van der Waals surface area (Å²) in [4.78, 5) is 28.7. The van der Waals surface area contributed by atoms with E-state index in [1.807, 2.05) is 54.6 Å². The van der Waals surface area contributed by atoms with E-state index in [1.165, 1.54) is 0 Å². The number of thiocarbonyl (C=S) groups is 1. The van der Waals surface area contributed by atoms with Crippen molar-refractivity contribution in [2.45, 2.75) is 12.8 Å². The van der Waals surface area contributed by atoms with Crippen LogP contribution in [0.2, 0.25) is 0 Å². The molecule has 0 spiro atoms. The van der Waals surface area contributed by atoms with Gasteiger partial charge in [0.05, 0.1) is 5.39 Å². The summed E-state index contributed by atoms with van der Waals surface area (Å²) < 4.78 is 5.90. The van der Waals surface area contributed by atoms with Gasteiger partial charge in [0.2, 0.25) is 0 Å². The number of rotatable bonds is 6. The first-order valence-electron chi connectivity index (χ1n) is 11.5. The lowest BCUT2D eigenvalue weighted by Crippen LogP contribution is -2.34. The largest absolute Gasteiger partial charge is 0.504 e. The lowest BCUT2D eigenvalue weighted by atomic mass is 10.0. The van der Waals surface area contributed by atoms with E-state index in [9.17, 15) is 14.7 Å². The van der Waals surface area contributed by atoms with E-state index < -0.39 is 6.03 Å². The van der Waals surface area contributed by atoms with Crippen molar-refractivity contribution in [3.63, 3.8) is 0 Å². The molecular weight excluding hydrogens is 488 g/mol.